The Morgan fingerprint density at radius 2 is 0.587 bits per heavy atom. The van der Waals surface area contributed by atoms with Gasteiger partial charge < -0.3 is 33.8 Å². The number of phosphoric ester groups is 2. The zero-order chi connectivity index (χ0) is 68.0. The van der Waals surface area contributed by atoms with Crippen LogP contribution in [0.15, 0.2) is 24.3 Å². The molecule has 0 heterocycles. The van der Waals surface area contributed by atoms with Gasteiger partial charge in [-0.05, 0) is 69.1 Å². The van der Waals surface area contributed by atoms with E-state index in [0.717, 1.165) is 127 Å². The van der Waals surface area contributed by atoms with Gasteiger partial charge in [0.1, 0.15) is 19.3 Å². The number of ether oxygens (including phenoxy) is 4. The van der Waals surface area contributed by atoms with Gasteiger partial charge in [0.25, 0.3) is 0 Å². The average molecular weight is 1350 g/mol. The highest BCUT2D eigenvalue weighted by Crippen LogP contribution is 2.45. The average Bonchev–Trinajstić information content (AvgIpc) is 1.81. The van der Waals surface area contributed by atoms with E-state index in [1.54, 1.807) is 0 Å². The molecule has 5 atom stereocenters. The van der Waals surface area contributed by atoms with Gasteiger partial charge in [-0.25, -0.2) is 9.13 Å². The molecule has 0 aromatic rings. The van der Waals surface area contributed by atoms with Crippen LogP contribution >= 0.6 is 15.6 Å². The fourth-order valence-electron chi connectivity index (χ4n) is 10.5. The van der Waals surface area contributed by atoms with Crippen LogP contribution in [0.5, 0.6) is 0 Å². The molecule has 542 valence electrons. The Morgan fingerprint density at radius 1 is 0.337 bits per heavy atom. The maximum Gasteiger partial charge on any atom is 0.472 e. The molecule has 0 fully saturated rings. The van der Waals surface area contributed by atoms with E-state index in [1.807, 2.05) is 0 Å². The van der Waals surface area contributed by atoms with Crippen LogP contribution in [-0.2, 0) is 65.4 Å². The third kappa shape index (κ3) is 66.2. The molecule has 0 rings (SSSR count). The van der Waals surface area contributed by atoms with Gasteiger partial charge in [0, 0.05) is 25.7 Å². The van der Waals surface area contributed by atoms with Crippen molar-refractivity contribution >= 4 is 39.5 Å². The zero-order valence-electron chi connectivity index (χ0n) is 59.5. The number of carbonyl (C=O) groups excluding carboxylic acids is 4. The fourth-order valence-corrected chi connectivity index (χ4v) is 12.1. The standard InChI is InChI=1S/C73H138O17P2/c1-8-9-10-11-12-13-14-15-16-17-18-25-33-40-47-54-70(75)83-60-68(89-72(77)56-49-42-35-26-21-19-23-30-37-44-51-64(2)3)62-87-91(79,80)85-58-67(74)59-86-92(81,82)88-63-69(61-84-71(76)55-48-41-34-29-28-32-39-46-53-66(6)7)90-73(78)57-50-43-36-27-22-20-24-31-38-45-52-65(4)5/h13-16,64-69,74H,8-12,17-63H2,1-7H3,(H,79,80)(H,81,82)/b14-13-,16-15-/t67?,68-,69-/m1/s1. The second-order valence-corrected chi connectivity index (χ2v) is 30.0. The van der Waals surface area contributed by atoms with Gasteiger partial charge in [-0.2, -0.15) is 0 Å². The predicted octanol–water partition coefficient (Wildman–Crippen LogP) is 20.6. The molecule has 0 aliphatic rings. The molecule has 0 amide bonds. The Kier molecular flexibility index (Phi) is 61.6. The SMILES string of the molecule is CCCCCC/C=C\C=C/CCCCCCCC(=O)OC[C@H](COP(=O)(O)OCC(O)COP(=O)(O)OC[C@@H](COC(=O)CCCCCCCCCCC(C)C)OC(=O)CCCCCCCCCCCCC(C)C)OC(=O)CCCCCCCCCCCCC(C)C. The van der Waals surface area contributed by atoms with Gasteiger partial charge in [-0.3, -0.25) is 37.3 Å². The minimum Gasteiger partial charge on any atom is -0.462 e. The Balaban J connectivity index is 5.30. The second kappa shape index (κ2) is 63.3. The summed E-state index contributed by atoms with van der Waals surface area (Å²) in [5.41, 5.74) is 0. The van der Waals surface area contributed by atoms with Gasteiger partial charge >= 0.3 is 39.5 Å². The first kappa shape index (κ1) is 89.5. The van der Waals surface area contributed by atoms with Crippen LogP contribution in [0.25, 0.3) is 0 Å². The van der Waals surface area contributed by atoms with E-state index >= 15 is 0 Å². The monoisotopic (exact) mass is 1350 g/mol. The Labute approximate surface area is 561 Å². The quantitative estimate of drug-likeness (QED) is 0.0169. The number of phosphoric acid groups is 2. The van der Waals surface area contributed by atoms with Crippen molar-refractivity contribution in [3.05, 3.63) is 24.3 Å². The van der Waals surface area contributed by atoms with Crippen molar-refractivity contribution in [3.63, 3.8) is 0 Å². The number of aliphatic hydroxyl groups excluding tert-OH is 1. The molecule has 0 spiro atoms. The molecule has 0 saturated heterocycles. The molecule has 0 radical (unpaired) electrons. The molecular weight excluding hydrogens is 1210 g/mol. The third-order valence-electron chi connectivity index (χ3n) is 16.3. The molecule has 17 nitrogen and oxygen atoms in total. The lowest BCUT2D eigenvalue weighted by Crippen LogP contribution is -2.30. The number of allylic oxidation sites excluding steroid dienone is 4. The molecule has 0 bridgehead atoms. The molecule has 0 aromatic carbocycles. The van der Waals surface area contributed by atoms with E-state index in [0.29, 0.717) is 25.7 Å². The minimum atomic E-state index is -4.96. The van der Waals surface area contributed by atoms with Crippen molar-refractivity contribution in [2.45, 2.75) is 362 Å². The van der Waals surface area contributed by atoms with Gasteiger partial charge in [0.05, 0.1) is 26.4 Å². The van der Waals surface area contributed by atoms with E-state index in [-0.39, 0.29) is 25.7 Å². The van der Waals surface area contributed by atoms with Crippen molar-refractivity contribution in [3.8, 4) is 0 Å². The first-order valence-corrected chi connectivity index (χ1v) is 40.2. The summed E-state index contributed by atoms with van der Waals surface area (Å²) in [5.74, 6) is 0.0711. The molecular formula is C73H138O17P2. The van der Waals surface area contributed by atoms with E-state index in [2.05, 4.69) is 72.8 Å². The molecule has 0 aromatic heterocycles. The first-order chi connectivity index (χ1) is 44.2. The first-order valence-electron chi connectivity index (χ1n) is 37.2. The Bertz CT molecular complexity index is 1890. The van der Waals surface area contributed by atoms with Crippen molar-refractivity contribution in [2.24, 2.45) is 17.8 Å². The van der Waals surface area contributed by atoms with E-state index < -0.39 is 97.5 Å². The normalized spacial score (nSPS) is 14.3. The Hall–Kier alpha value is -2.46. The summed E-state index contributed by atoms with van der Waals surface area (Å²) in [6.45, 7) is 11.7. The maximum atomic E-state index is 13.0. The summed E-state index contributed by atoms with van der Waals surface area (Å²) in [4.78, 5) is 72.7. The maximum absolute atomic E-state index is 13.0. The molecule has 3 unspecified atom stereocenters. The van der Waals surface area contributed by atoms with Crippen LogP contribution in [0.1, 0.15) is 344 Å². The highest BCUT2D eigenvalue weighted by atomic mass is 31.2. The fraction of sp³-hybridized carbons (Fsp3) is 0.890. The highest BCUT2D eigenvalue weighted by Gasteiger charge is 2.30. The summed E-state index contributed by atoms with van der Waals surface area (Å²) in [5, 5.41) is 10.6. The molecule has 0 aliphatic heterocycles. The number of unbranched alkanes of at least 4 members (excludes halogenated alkanes) is 34. The number of carbonyl (C=O) groups is 4. The largest absolute Gasteiger partial charge is 0.472 e. The van der Waals surface area contributed by atoms with Crippen molar-refractivity contribution in [1.82, 2.24) is 0 Å². The molecule has 92 heavy (non-hydrogen) atoms. The van der Waals surface area contributed by atoms with E-state index in [9.17, 15) is 43.2 Å². The lowest BCUT2D eigenvalue weighted by molar-refractivity contribution is -0.161. The topological polar surface area (TPSA) is 237 Å². The number of rotatable bonds is 69. The van der Waals surface area contributed by atoms with Gasteiger partial charge in [0.2, 0.25) is 0 Å². The molecule has 19 heteroatoms. The van der Waals surface area contributed by atoms with Crippen LogP contribution in [0.4, 0.5) is 0 Å². The number of hydrogen-bond donors (Lipinski definition) is 3. The second-order valence-electron chi connectivity index (χ2n) is 27.1. The highest BCUT2D eigenvalue weighted by molar-refractivity contribution is 7.47. The van der Waals surface area contributed by atoms with E-state index in [1.165, 1.54) is 135 Å². The Morgan fingerprint density at radius 3 is 0.880 bits per heavy atom. The summed E-state index contributed by atoms with van der Waals surface area (Å²) < 4.78 is 68.4. The third-order valence-corrected chi connectivity index (χ3v) is 18.2. The summed E-state index contributed by atoms with van der Waals surface area (Å²) >= 11 is 0. The van der Waals surface area contributed by atoms with Crippen LogP contribution in [0.3, 0.4) is 0 Å². The zero-order valence-corrected chi connectivity index (χ0v) is 61.3. The lowest BCUT2D eigenvalue weighted by atomic mass is 10.0. The van der Waals surface area contributed by atoms with Crippen molar-refractivity contribution < 1.29 is 80.2 Å². The smallest absolute Gasteiger partial charge is 0.462 e. The number of aliphatic hydroxyl groups is 1. The number of esters is 4. The van der Waals surface area contributed by atoms with Crippen LogP contribution < -0.4 is 0 Å². The van der Waals surface area contributed by atoms with Gasteiger partial charge in [-0.1, -0.05) is 291 Å². The summed E-state index contributed by atoms with van der Waals surface area (Å²) in [7, 11) is -9.92. The molecule has 0 saturated carbocycles. The molecule has 0 aliphatic carbocycles. The minimum absolute atomic E-state index is 0.0986. The lowest BCUT2D eigenvalue weighted by Gasteiger charge is -2.21. The van der Waals surface area contributed by atoms with Gasteiger partial charge in [0.15, 0.2) is 12.2 Å². The predicted molar refractivity (Wildman–Crippen MR) is 372 cm³/mol. The number of hydrogen-bond acceptors (Lipinski definition) is 15. The van der Waals surface area contributed by atoms with Gasteiger partial charge in [-0.15, -0.1) is 0 Å². The van der Waals surface area contributed by atoms with E-state index in [4.69, 9.17) is 37.0 Å². The summed E-state index contributed by atoms with van der Waals surface area (Å²) in [6, 6.07) is 0. The van der Waals surface area contributed by atoms with Crippen molar-refractivity contribution in [2.75, 3.05) is 39.6 Å². The summed E-state index contributed by atoms with van der Waals surface area (Å²) in [6.07, 6.45) is 50.8. The van der Waals surface area contributed by atoms with Crippen LogP contribution in [-0.4, -0.2) is 96.7 Å². The van der Waals surface area contributed by atoms with Crippen LogP contribution in [0, 0.1) is 17.8 Å². The van der Waals surface area contributed by atoms with Crippen molar-refractivity contribution in [1.29, 1.82) is 0 Å². The van der Waals surface area contributed by atoms with Crippen LogP contribution in [0.2, 0.25) is 0 Å². The molecule has 3 N–H and O–H groups in total.